The number of hydrogen-bond donors (Lipinski definition) is 0. The summed E-state index contributed by atoms with van der Waals surface area (Å²) in [6.07, 6.45) is -2.96. The van der Waals surface area contributed by atoms with E-state index in [-0.39, 0.29) is 35.7 Å². The molecule has 39 heavy (non-hydrogen) atoms. The minimum absolute atomic E-state index is 0.0260. The number of ketones is 1. The summed E-state index contributed by atoms with van der Waals surface area (Å²) in [5.74, 6) is -1.88. The zero-order valence-electron chi connectivity index (χ0n) is 20.3. The molecule has 0 N–H and O–H groups in total. The van der Waals surface area contributed by atoms with Gasteiger partial charge in [0.1, 0.15) is 17.6 Å². The fourth-order valence-electron chi connectivity index (χ4n) is 4.46. The number of fused-ring (bicyclic) bond motifs is 1. The highest BCUT2D eigenvalue weighted by Gasteiger charge is 2.38. The number of halogens is 4. The Kier molecular flexibility index (Phi) is 6.74. The Balaban J connectivity index is 1.61. The van der Waals surface area contributed by atoms with Crippen LogP contribution in [0.15, 0.2) is 71.6 Å². The third-order valence-electron chi connectivity index (χ3n) is 6.35. The number of nitrogens with zero attached hydrogens (tertiary/aromatic N) is 4. The molecule has 3 aromatic carbocycles. The molecule has 0 bridgehead atoms. The van der Waals surface area contributed by atoms with Gasteiger partial charge in [-0.2, -0.15) is 23.5 Å². The first kappa shape index (κ1) is 26.2. The second-order valence-corrected chi connectivity index (χ2v) is 9.51. The number of rotatable bonds is 4. The first-order valence-corrected chi connectivity index (χ1v) is 12.8. The molecule has 1 amide bonds. The van der Waals surface area contributed by atoms with Gasteiger partial charge in [-0.05, 0) is 53.8 Å². The number of anilines is 1. The molecule has 0 saturated heterocycles. The normalized spacial score (nSPS) is 13.2. The molecule has 0 fully saturated rings. The summed E-state index contributed by atoms with van der Waals surface area (Å²) in [5, 5.41) is 12.7. The molecule has 1 aliphatic heterocycles. The Bertz CT molecular complexity index is 1670. The number of hydrogen-bond acceptors (Lipinski definition) is 5. The molecule has 1 aromatic heterocycles. The first-order valence-electron chi connectivity index (χ1n) is 11.6. The van der Waals surface area contributed by atoms with Crippen LogP contribution in [0, 0.1) is 17.1 Å². The average Bonchev–Trinajstić information content (AvgIpc) is 3.39. The van der Waals surface area contributed by atoms with Crippen LogP contribution in [0.4, 0.5) is 23.2 Å². The molecule has 0 spiro atoms. The van der Waals surface area contributed by atoms with E-state index in [1.165, 1.54) is 4.90 Å². The summed E-state index contributed by atoms with van der Waals surface area (Å²) in [7, 11) is 0. The van der Waals surface area contributed by atoms with E-state index in [1.807, 2.05) is 30.5 Å². The van der Waals surface area contributed by atoms with Crippen molar-refractivity contribution in [3.8, 4) is 22.9 Å². The van der Waals surface area contributed by atoms with Gasteiger partial charge < -0.3 is 4.90 Å². The van der Waals surface area contributed by atoms with E-state index in [0.29, 0.717) is 6.07 Å². The van der Waals surface area contributed by atoms with Crippen LogP contribution in [0.3, 0.4) is 0 Å². The van der Waals surface area contributed by atoms with Gasteiger partial charge in [0.25, 0.3) is 5.91 Å². The highest BCUT2D eigenvalue weighted by atomic mass is 32.2. The van der Waals surface area contributed by atoms with E-state index in [4.69, 9.17) is 0 Å². The zero-order valence-corrected chi connectivity index (χ0v) is 21.1. The minimum Gasteiger partial charge on any atom is -0.306 e. The highest BCUT2D eigenvalue weighted by molar-refractivity contribution is 7.98. The number of benzene rings is 3. The molecular weight excluding hydrogens is 532 g/mol. The second kappa shape index (κ2) is 10.0. The van der Waals surface area contributed by atoms with E-state index in [2.05, 4.69) is 5.10 Å². The van der Waals surface area contributed by atoms with Crippen LogP contribution in [0.2, 0.25) is 0 Å². The van der Waals surface area contributed by atoms with Crippen LogP contribution in [0.5, 0.6) is 0 Å². The van der Waals surface area contributed by atoms with Crippen molar-refractivity contribution in [3.05, 3.63) is 95.1 Å². The lowest BCUT2D eigenvalue weighted by molar-refractivity contribution is -0.141. The Morgan fingerprint density at radius 1 is 1.05 bits per heavy atom. The fourth-order valence-corrected chi connectivity index (χ4v) is 5.08. The average molecular weight is 551 g/mol. The predicted octanol–water partition coefficient (Wildman–Crippen LogP) is 6.52. The summed E-state index contributed by atoms with van der Waals surface area (Å²) in [5.41, 5.74) is -0.0759. The van der Waals surface area contributed by atoms with Crippen molar-refractivity contribution in [3.63, 3.8) is 0 Å². The summed E-state index contributed by atoms with van der Waals surface area (Å²) in [4.78, 5) is 28.8. The Morgan fingerprint density at radius 2 is 1.82 bits per heavy atom. The topological polar surface area (TPSA) is 79.0 Å². The molecule has 0 aliphatic carbocycles. The van der Waals surface area contributed by atoms with E-state index in [0.717, 1.165) is 38.9 Å². The van der Waals surface area contributed by atoms with Crippen molar-refractivity contribution < 1.29 is 27.2 Å². The van der Waals surface area contributed by atoms with E-state index >= 15 is 0 Å². The van der Waals surface area contributed by atoms with Crippen LogP contribution < -0.4 is 4.90 Å². The van der Waals surface area contributed by atoms with E-state index in [9.17, 15) is 32.4 Å². The van der Waals surface area contributed by atoms with Gasteiger partial charge in [0.05, 0.1) is 16.9 Å². The number of thioether (sulfide) groups is 1. The number of alkyl halides is 3. The van der Waals surface area contributed by atoms with Crippen molar-refractivity contribution in [2.24, 2.45) is 0 Å². The largest absolute Gasteiger partial charge is 0.435 e. The van der Waals surface area contributed by atoms with Gasteiger partial charge in [-0.15, -0.1) is 11.8 Å². The van der Waals surface area contributed by atoms with Crippen LogP contribution >= 0.6 is 11.8 Å². The van der Waals surface area contributed by atoms with Crippen molar-refractivity contribution in [2.75, 3.05) is 17.7 Å². The molecule has 0 atom stereocenters. The van der Waals surface area contributed by atoms with Gasteiger partial charge in [0.2, 0.25) is 0 Å². The molecule has 4 aromatic rings. The predicted molar refractivity (Wildman–Crippen MR) is 138 cm³/mol. The highest BCUT2D eigenvalue weighted by Crippen LogP contribution is 2.37. The van der Waals surface area contributed by atoms with E-state index in [1.54, 1.807) is 36.0 Å². The lowest BCUT2D eigenvalue weighted by Gasteiger charge is -2.29. The monoisotopic (exact) mass is 550 g/mol. The summed E-state index contributed by atoms with van der Waals surface area (Å²) < 4.78 is 55.5. The summed E-state index contributed by atoms with van der Waals surface area (Å²) >= 11 is 1.54. The molecule has 0 unspecified atom stereocenters. The fraction of sp³-hybridized carbons (Fsp3) is 0.143. The summed E-state index contributed by atoms with van der Waals surface area (Å²) in [6.45, 7) is -0.0508. The lowest BCUT2D eigenvalue weighted by Crippen LogP contribution is -2.38. The molecule has 6 nitrogen and oxygen atoms in total. The van der Waals surface area contributed by atoms with Crippen molar-refractivity contribution in [2.45, 2.75) is 17.5 Å². The van der Waals surface area contributed by atoms with Crippen molar-refractivity contribution >= 4 is 29.1 Å². The number of carbonyl (C=O) groups excluding carboxylic acids is 2. The van der Waals surface area contributed by atoms with Crippen LogP contribution in [-0.4, -0.2) is 34.3 Å². The maximum Gasteiger partial charge on any atom is 0.435 e. The van der Waals surface area contributed by atoms with Crippen molar-refractivity contribution in [1.29, 1.82) is 5.26 Å². The third kappa shape index (κ3) is 4.79. The number of aromatic nitrogens is 2. The third-order valence-corrected chi connectivity index (χ3v) is 7.14. The molecule has 0 radical (unpaired) electrons. The molecule has 2 heterocycles. The molecule has 11 heteroatoms. The number of carbonyl (C=O) groups is 2. The maximum atomic E-state index is 13.9. The quantitative estimate of drug-likeness (QED) is 0.213. The molecule has 5 rings (SSSR count). The maximum absolute atomic E-state index is 13.9. The molecular formula is C28H18F4N4O2S. The SMILES string of the molecule is CSc1ccccc1-c1ccc2c(c1)C(=O)CCN2C(=O)c1cc(C(F)(F)F)nn1-c1ccc(F)c(C#N)c1. The standard InChI is InChI=1S/C28H18F4N4O2S/c1-39-25-5-3-2-4-19(25)16-6-9-22-20(13-16)24(37)10-11-35(22)27(38)23-14-26(28(30,31)32)34-36(23)18-7-8-21(29)17(12-18)15-33/h2-9,12-14H,10-11H2,1H3. The van der Waals surface area contributed by atoms with Crippen molar-refractivity contribution in [1.82, 2.24) is 9.78 Å². The Morgan fingerprint density at radius 3 is 2.54 bits per heavy atom. The zero-order chi connectivity index (χ0) is 27.9. The second-order valence-electron chi connectivity index (χ2n) is 8.66. The molecule has 0 saturated carbocycles. The van der Waals surface area contributed by atoms with Gasteiger partial charge >= 0.3 is 6.18 Å². The molecule has 196 valence electrons. The van der Waals surface area contributed by atoms with E-state index < -0.39 is 34.9 Å². The smallest absolute Gasteiger partial charge is 0.306 e. The lowest BCUT2D eigenvalue weighted by atomic mass is 9.95. The van der Waals surface area contributed by atoms with Gasteiger partial charge in [0, 0.05) is 29.5 Å². The van der Waals surface area contributed by atoms with Crippen LogP contribution in [0.25, 0.3) is 16.8 Å². The molecule has 1 aliphatic rings. The Labute approximate surface area is 224 Å². The Hall–Kier alpha value is -4.43. The van der Waals surface area contributed by atoms with Gasteiger partial charge in [0.15, 0.2) is 11.5 Å². The number of nitriles is 1. The van der Waals surface area contributed by atoms with Gasteiger partial charge in [-0.1, -0.05) is 24.3 Å². The summed E-state index contributed by atoms with van der Waals surface area (Å²) in [6, 6.07) is 18.0. The van der Waals surface area contributed by atoms with Crippen LogP contribution in [-0.2, 0) is 6.18 Å². The number of Topliss-reactive ketones (excluding diaryl/α,β-unsaturated/α-hetero) is 1. The van der Waals surface area contributed by atoms with Gasteiger partial charge in [-0.3, -0.25) is 9.59 Å². The van der Waals surface area contributed by atoms with Gasteiger partial charge in [-0.25, -0.2) is 9.07 Å². The first-order chi connectivity index (χ1) is 18.6. The number of amides is 1. The van der Waals surface area contributed by atoms with Crippen LogP contribution in [0.1, 0.15) is 38.5 Å². The minimum atomic E-state index is -4.87.